The minimum atomic E-state index is 0.401. The standard InChI is InChI=1S/C16H25Br/c1-12-7-6-8-14(9-12)11-15(17)10-13(2)16(3,4)5/h6-9,13,15H,10-11H2,1-5H3. The average molecular weight is 297 g/mol. The Kier molecular flexibility index (Phi) is 5.24. The zero-order valence-corrected chi connectivity index (χ0v) is 13.3. The van der Waals surface area contributed by atoms with Crippen LogP contribution >= 0.6 is 15.9 Å². The Labute approximate surface area is 115 Å². The number of benzene rings is 1. The van der Waals surface area contributed by atoms with Crippen LogP contribution in [0.25, 0.3) is 0 Å². The van der Waals surface area contributed by atoms with Crippen molar-refractivity contribution in [3.63, 3.8) is 0 Å². The van der Waals surface area contributed by atoms with E-state index in [2.05, 4.69) is 74.8 Å². The van der Waals surface area contributed by atoms with Crippen LogP contribution in [0.3, 0.4) is 0 Å². The van der Waals surface area contributed by atoms with Gasteiger partial charge in [0, 0.05) is 4.83 Å². The molecule has 0 bridgehead atoms. The number of hydrogen-bond donors (Lipinski definition) is 0. The van der Waals surface area contributed by atoms with Crippen molar-refractivity contribution in [2.45, 2.75) is 52.3 Å². The van der Waals surface area contributed by atoms with Crippen molar-refractivity contribution >= 4 is 15.9 Å². The molecule has 0 spiro atoms. The molecule has 0 heterocycles. The smallest absolute Gasteiger partial charge is 0.0188 e. The lowest BCUT2D eigenvalue weighted by Crippen LogP contribution is -2.21. The monoisotopic (exact) mass is 296 g/mol. The number of alkyl halides is 1. The van der Waals surface area contributed by atoms with E-state index in [9.17, 15) is 0 Å². The maximum atomic E-state index is 3.83. The highest BCUT2D eigenvalue weighted by Crippen LogP contribution is 2.31. The molecule has 1 rings (SSSR count). The molecule has 1 heteroatoms. The fourth-order valence-corrected chi connectivity index (χ4v) is 2.85. The molecule has 0 aliphatic carbocycles. The Hall–Kier alpha value is -0.300. The van der Waals surface area contributed by atoms with Gasteiger partial charge in [0.05, 0.1) is 0 Å². The average Bonchev–Trinajstić information content (AvgIpc) is 2.15. The van der Waals surface area contributed by atoms with Gasteiger partial charge in [-0.2, -0.15) is 0 Å². The van der Waals surface area contributed by atoms with Gasteiger partial charge in [-0.05, 0) is 36.7 Å². The molecule has 96 valence electrons. The van der Waals surface area contributed by atoms with Crippen molar-refractivity contribution in [2.24, 2.45) is 11.3 Å². The second-order valence-corrected chi connectivity index (χ2v) is 7.59. The molecule has 0 aliphatic heterocycles. The molecule has 0 amide bonds. The molecule has 0 saturated carbocycles. The first-order valence-corrected chi connectivity index (χ1v) is 7.40. The first-order chi connectivity index (χ1) is 7.79. The normalized spacial score (nSPS) is 15.6. The number of aryl methyl sites for hydroxylation is 1. The van der Waals surface area contributed by atoms with Gasteiger partial charge in [-0.1, -0.05) is 73.5 Å². The van der Waals surface area contributed by atoms with Gasteiger partial charge >= 0.3 is 0 Å². The summed E-state index contributed by atoms with van der Waals surface area (Å²) in [6, 6.07) is 8.82. The molecule has 17 heavy (non-hydrogen) atoms. The SMILES string of the molecule is Cc1cccc(CC(Br)CC(C)C(C)(C)C)c1. The molecule has 0 saturated heterocycles. The lowest BCUT2D eigenvalue weighted by Gasteiger charge is -2.29. The first kappa shape index (κ1) is 14.8. The predicted molar refractivity (Wildman–Crippen MR) is 80.8 cm³/mol. The Morgan fingerprint density at radius 2 is 1.88 bits per heavy atom. The predicted octanol–water partition coefficient (Wildman–Crippen LogP) is 5.37. The quantitative estimate of drug-likeness (QED) is 0.655. The van der Waals surface area contributed by atoms with Crippen molar-refractivity contribution in [2.75, 3.05) is 0 Å². The minimum Gasteiger partial charge on any atom is -0.0887 e. The third-order valence-corrected chi connectivity index (χ3v) is 4.32. The lowest BCUT2D eigenvalue weighted by molar-refractivity contribution is 0.246. The highest BCUT2D eigenvalue weighted by Gasteiger charge is 2.22. The van der Waals surface area contributed by atoms with Gasteiger partial charge in [0.1, 0.15) is 0 Å². The van der Waals surface area contributed by atoms with Gasteiger partial charge in [0.15, 0.2) is 0 Å². The summed E-state index contributed by atoms with van der Waals surface area (Å²) in [5.74, 6) is 0.733. The Bertz CT molecular complexity index is 349. The van der Waals surface area contributed by atoms with Crippen LogP contribution in [-0.4, -0.2) is 4.83 Å². The molecule has 1 aromatic carbocycles. The van der Waals surface area contributed by atoms with Gasteiger partial charge in [0.2, 0.25) is 0 Å². The highest BCUT2D eigenvalue weighted by atomic mass is 79.9. The molecule has 0 radical (unpaired) electrons. The van der Waals surface area contributed by atoms with Crippen LogP contribution in [-0.2, 0) is 6.42 Å². The molecule has 0 aliphatic rings. The van der Waals surface area contributed by atoms with E-state index in [1.165, 1.54) is 17.5 Å². The highest BCUT2D eigenvalue weighted by molar-refractivity contribution is 9.09. The van der Waals surface area contributed by atoms with Gasteiger partial charge in [-0.15, -0.1) is 0 Å². The zero-order valence-electron chi connectivity index (χ0n) is 11.8. The maximum absolute atomic E-state index is 3.83. The van der Waals surface area contributed by atoms with Crippen LogP contribution in [0, 0.1) is 18.3 Å². The van der Waals surface area contributed by atoms with Crippen molar-refractivity contribution in [1.82, 2.24) is 0 Å². The minimum absolute atomic E-state index is 0.401. The number of hydrogen-bond acceptors (Lipinski definition) is 0. The molecular formula is C16H25Br. The second-order valence-electron chi connectivity index (χ2n) is 6.29. The van der Waals surface area contributed by atoms with E-state index in [-0.39, 0.29) is 0 Å². The van der Waals surface area contributed by atoms with E-state index < -0.39 is 0 Å². The molecule has 0 aromatic heterocycles. The summed E-state index contributed by atoms with van der Waals surface area (Å²) in [5, 5.41) is 0. The molecule has 2 atom stereocenters. The van der Waals surface area contributed by atoms with Crippen LogP contribution < -0.4 is 0 Å². The van der Waals surface area contributed by atoms with E-state index in [0.29, 0.717) is 10.2 Å². The molecule has 1 aromatic rings. The van der Waals surface area contributed by atoms with Crippen molar-refractivity contribution in [1.29, 1.82) is 0 Å². The zero-order chi connectivity index (χ0) is 13.1. The Balaban J connectivity index is 2.53. The second kappa shape index (κ2) is 6.04. The summed E-state index contributed by atoms with van der Waals surface area (Å²) in [6.07, 6.45) is 2.36. The Morgan fingerprint density at radius 3 is 2.41 bits per heavy atom. The molecular weight excluding hydrogens is 272 g/mol. The summed E-state index contributed by atoms with van der Waals surface area (Å²) in [5.41, 5.74) is 3.19. The van der Waals surface area contributed by atoms with Crippen LogP contribution in [0.5, 0.6) is 0 Å². The van der Waals surface area contributed by atoms with Gasteiger partial charge in [-0.25, -0.2) is 0 Å². The van der Waals surface area contributed by atoms with Crippen molar-refractivity contribution in [3.8, 4) is 0 Å². The summed E-state index contributed by atoms with van der Waals surface area (Å²) < 4.78 is 0. The summed E-state index contributed by atoms with van der Waals surface area (Å²) in [6.45, 7) is 11.5. The number of halogens is 1. The largest absolute Gasteiger partial charge is 0.0887 e. The summed E-state index contributed by atoms with van der Waals surface area (Å²) in [4.78, 5) is 0.582. The van der Waals surface area contributed by atoms with E-state index in [1.54, 1.807) is 0 Å². The topological polar surface area (TPSA) is 0 Å². The van der Waals surface area contributed by atoms with E-state index >= 15 is 0 Å². The molecule has 0 N–H and O–H groups in total. The molecule has 0 fully saturated rings. The van der Waals surface area contributed by atoms with Crippen molar-refractivity contribution < 1.29 is 0 Å². The summed E-state index contributed by atoms with van der Waals surface area (Å²) in [7, 11) is 0. The Morgan fingerprint density at radius 1 is 1.24 bits per heavy atom. The first-order valence-electron chi connectivity index (χ1n) is 6.48. The van der Waals surface area contributed by atoms with Gasteiger partial charge in [-0.3, -0.25) is 0 Å². The van der Waals surface area contributed by atoms with E-state index in [1.807, 2.05) is 0 Å². The fraction of sp³-hybridized carbons (Fsp3) is 0.625. The molecule has 0 nitrogen and oxygen atoms in total. The van der Waals surface area contributed by atoms with Crippen LogP contribution in [0.15, 0.2) is 24.3 Å². The van der Waals surface area contributed by atoms with E-state index in [0.717, 1.165) is 12.3 Å². The lowest BCUT2D eigenvalue weighted by atomic mass is 9.79. The fourth-order valence-electron chi connectivity index (χ4n) is 1.92. The number of rotatable bonds is 4. The molecule has 2 unspecified atom stereocenters. The van der Waals surface area contributed by atoms with Crippen LogP contribution in [0.1, 0.15) is 45.2 Å². The third-order valence-electron chi connectivity index (χ3n) is 3.63. The van der Waals surface area contributed by atoms with Crippen LogP contribution in [0.4, 0.5) is 0 Å². The third kappa shape index (κ3) is 5.25. The van der Waals surface area contributed by atoms with Gasteiger partial charge in [0.25, 0.3) is 0 Å². The van der Waals surface area contributed by atoms with Gasteiger partial charge < -0.3 is 0 Å². The summed E-state index contributed by atoms with van der Waals surface area (Å²) >= 11 is 3.83. The maximum Gasteiger partial charge on any atom is 0.0188 e. The van der Waals surface area contributed by atoms with Crippen LogP contribution in [0.2, 0.25) is 0 Å². The van der Waals surface area contributed by atoms with E-state index in [4.69, 9.17) is 0 Å². The van der Waals surface area contributed by atoms with Crippen molar-refractivity contribution in [3.05, 3.63) is 35.4 Å².